The molecule has 3 rings (SSSR count). The molecule has 0 atom stereocenters. The van der Waals surface area contributed by atoms with Crippen LogP contribution in [0.15, 0.2) is 48.5 Å². The first-order chi connectivity index (χ1) is 9.86. The molecule has 3 aromatic carbocycles. The van der Waals surface area contributed by atoms with Crippen LogP contribution in [0.5, 0.6) is 0 Å². The Morgan fingerprint density at radius 3 is 1.80 bits per heavy atom. The summed E-state index contributed by atoms with van der Waals surface area (Å²) in [7, 11) is 0. The molecule has 0 bridgehead atoms. The summed E-state index contributed by atoms with van der Waals surface area (Å²) < 4.78 is 0. The maximum absolute atomic E-state index is 11.6. The van der Waals surface area contributed by atoms with Crippen molar-refractivity contribution in [3.05, 3.63) is 59.7 Å². The Morgan fingerprint density at radius 2 is 1.35 bits per heavy atom. The Kier molecular flexibility index (Phi) is 3.51. The summed E-state index contributed by atoms with van der Waals surface area (Å²) in [6.07, 6.45) is 4.41. The van der Waals surface area contributed by atoms with Gasteiger partial charge in [-0.1, -0.05) is 61.9 Å². The van der Waals surface area contributed by atoms with Gasteiger partial charge in [-0.25, -0.2) is 0 Å². The molecule has 1 heteroatoms. The van der Waals surface area contributed by atoms with Gasteiger partial charge in [0.2, 0.25) is 0 Å². The van der Waals surface area contributed by atoms with E-state index in [2.05, 4.69) is 43.3 Å². The number of fused-ring (bicyclic) bond motifs is 2. The number of hydrogen-bond donors (Lipinski definition) is 0. The highest BCUT2D eigenvalue weighted by Crippen LogP contribution is 2.32. The minimum atomic E-state index is 0.816. The van der Waals surface area contributed by atoms with Gasteiger partial charge in [0.15, 0.2) is 6.29 Å². The molecule has 0 amide bonds. The van der Waals surface area contributed by atoms with Crippen molar-refractivity contribution in [2.45, 2.75) is 26.2 Å². The van der Waals surface area contributed by atoms with E-state index in [1.165, 1.54) is 29.2 Å². The molecule has 3 aromatic rings. The topological polar surface area (TPSA) is 17.1 Å². The smallest absolute Gasteiger partial charge is 0.151 e. The maximum atomic E-state index is 11.6. The van der Waals surface area contributed by atoms with Gasteiger partial charge in [0.1, 0.15) is 0 Å². The van der Waals surface area contributed by atoms with E-state index in [0.29, 0.717) is 0 Å². The van der Waals surface area contributed by atoms with E-state index in [1.54, 1.807) is 0 Å². The van der Waals surface area contributed by atoms with E-state index >= 15 is 0 Å². The average molecular weight is 262 g/mol. The molecule has 0 saturated heterocycles. The van der Waals surface area contributed by atoms with Crippen LogP contribution < -0.4 is 0 Å². The van der Waals surface area contributed by atoms with Crippen LogP contribution in [-0.4, -0.2) is 6.29 Å². The average Bonchev–Trinajstić information content (AvgIpc) is 2.51. The molecule has 100 valence electrons. The molecule has 1 nitrogen and oxygen atoms in total. The van der Waals surface area contributed by atoms with E-state index < -0.39 is 0 Å². The third-order valence-electron chi connectivity index (χ3n) is 3.98. The Hall–Kier alpha value is -2.15. The monoisotopic (exact) mass is 262 g/mol. The van der Waals surface area contributed by atoms with Crippen molar-refractivity contribution in [2.75, 3.05) is 0 Å². The zero-order valence-corrected chi connectivity index (χ0v) is 11.7. The Balaban J connectivity index is 2.45. The van der Waals surface area contributed by atoms with Gasteiger partial charge in [-0.15, -0.1) is 0 Å². The number of rotatable bonds is 4. The van der Waals surface area contributed by atoms with Crippen LogP contribution >= 0.6 is 0 Å². The molecule has 0 aliphatic carbocycles. The Bertz CT molecular complexity index is 714. The first kappa shape index (κ1) is 12.9. The van der Waals surface area contributed by atoms with E-state index in [-0.39, 0.29) is 0 Å². The van der Waals surface area contributed by atoms with Gasteiger partial charge in [0.05, 0.1) is 0 Å². The third-order valence-corrected chi connectivity index (χ3v) is 3.98. The molecule has 20 heavy (non-hydrogen) atoms. The van der Waals surface area contributed by atoms with Crippen LogP contribution in [-0.2, 0) is 6.42 Å². The first-order valence-electron chi connectivity index (χ1n) is 7.24. The summed E-state index contributed by atoms with van der Waals surface area (Å²) in [5, 5.41) is 4.60. The van der Waals surface area contributed by atoms with Crippen molar-refractivity contribution in [3.8, 4) is 0 Å². The second kappa shape index (κ2) is 5.46. The highest BCUT2D eigenvalue weighted by Gasteiger charge is 2.12. The van der Waals surface area contributed by atoms with Crippen molar-refractivity contribution in [3.63, 3.8) is 0 Å². The Morgan fingerprint density at radius 1 is 0.850 bits per heavy atom. The summed E-state index contributed by atoms with van der Waals surface area (Å²) >= 11 is 0. The van der Waals surface area contributed by atoms with Crippen LogP contribution in [0.3, 0.4) is 0 Å². The molecule has 0 aromatic heterocycles. The molecule has 0 N–H and O–H groups in total. The minimum Gasteiger partial charge on any atom is -0.298 e. The fourth-order valence-electron chi connectivity index (χ4n) is 3.00. The van der Waals surface area contributed by atoms with E-state index in [9.17, 15) is 4.79 Å². The number of hydrogen-bond acceptors (Lipinski definition) is 1. The SMILES string of the molecule is CCCCc1c2ccccc2c(C=O)c2ccccc12. The van der Waals surface area contributed by atoms with Crippen LogP contribution in [0, 0.1) is 0 Å². The van der Waals surface area contributed by atoms with Crippen molar-refractivity contribution >= 4 is 27.8 Å². The zero-order chi connectivity index (χ0) is 13.9. The number of benzene rings is 3. The molecule has 0 radical (unpaired) electrons. The van der Waals surface area contributed by atoms with Gasteiger partial charge in [-0.2, -0.15) is 0 Å². The van der Waals surface area contributed by atoms with Gasteiger partial charge < -0.3 is 0 Å². The Labute approximate surface area is 119 Å². The quantitative estimate of drug-likeness (QED) is 0.469. The number of aldehydes is 1. The lowest BCUT2D eigenvalue weighted by Crippen LogP contribution is -1.95. The molecular formula is C19H18O. The van der Waals surface area contributed by atoms with Crippen molar-refractivity contribution in [1.82, 2.24) is 0 Å². The third kappa shape index (κ3) is 2.00. The molecule has 0 heterocycles. The summed E-state index contributed by atoms with van der Waals surface area (Å²) in [5.41, 5.74) is 2.19. The summed E-state index contributed by atoms with van der Waals surface area (Å²) in [4.78, 5) is 11.6. The summed E-state index contributed by atoms with van der Waals surface area (Å²) in [6, 6.07) is 16.5. The van der Waals surface area contributed by atoms with Crippen LogP contribution in [0.25, 0.3) is 21.5 Å². The van der Waals surface area contributed by atoms with Crippen molar-refractivity contribution in [1.29, 1.82) is 0 Å². The lowest BCUT2D eigenvalue weighted by atomic mass is 9.90. The highest BCUT2D eigenvalue weighted by molar-refractivity contribution is 6.14. The molecule has 0 spiro atoms. The minimum absolute atomic E-state index is 0.816. The lowest BCUT2D eigenvalue weighted by Gasteiger charge is -2.13. The molecule has 0 aliphatic heterocycles. The van der Waals surface area contributed by atoms with Gasteiger partial charge in [0.25, 0.3) is 0 Å². The molecule has 0 fully saturated rings. The molecular weight excluding hydrogens is 244 g/mol. The van der Waals surface area contributed by atoms with Crippen LogP contribution in [0.2, 0.25) is 0 Å². The van der Waals surface area contributed by atoms with Gasteiger partial charge in [-0.3, -0.25) is 4.79 Å². The molecule has 0 aliphatic rings. The van der Waals surface area contributed by atoms with Gasteiger partial charge in [0, 0.05) is 5.56 Å². The molecule has 0 unspecified atom stereocenters. The number of aryl methyl sites for hydroxylation is 1. The predicted molar refractivity (Wildman–Crippen MR) is 85.5 cm³/mol. The standard InChI is InChI=1S/C19H18O/c1-2-3-8-14-15-9-4-6-11-17(15)19(13-20)18-12-7-5-10-16(14)18/h4-7,9-13H,2-3,8H2,1H3. The fraction of sp³-hybridized carbons (Fsp3) is 0.211. The van der Waals surface area contributed by atoms with Crippen molar-refractivity contribution in [2.24, 2.45) is 0 Å². The second-order valence-corrected chi connectivity index (χ2v) is 5.20. The molecule has 0 saturated carbocycles. The predicted octanol–water partition coefficient (Wildman–Crippen LogP) is 5.15. The van der Waals surface area contributed by atoms with Gasteiger partial charge in [-0.05, 0) is 39.9 Å². The lowest BCUT2D eigenvalue weighted by molar-refractivity contribution is 0.112. The normalized spacial score (nSPS) is 11.1. The largest absolute Gasteiger partial charge is 0.298 e. The highest BCUT2D eigenvalue weighted by atomic mass is 16.1. The van der Waals surface area contributed by atoms with Gasteiger partial charge >= 0.3 is 0 Å². The number of unbranched alkanes of at least 4 members (excludes halogenated alkanes) is 1. The second-order valence-electron chi connectivity index (χ2n) is 5.20. The summed E-state index contributed by atoms with van der Waals surface area (Å²) in [6.45, 7) is 2.21. The zero-order valence-electron chi connectivity index (χ0n) is 11.7. The number of carbonyl (C=O) groups is 1. The first-order valence-corrected chi connectivity index (χ1v) is 7.24. The fourth-order valence-corrected chi connectivity index (χ4v) is 3.00. The number of carbonyl (C=O) groups excluding carboxylic acids is 1. The van der Waals surface area contributed by atoms with Crippen molar-refractivity contribution < 1.29 is 4.79 Å². The van der Waals surface area contributed by atoms with E-state index in [0.717, 1.165) is 29.0 Å². The van der Waals surface area contributed by atoms with E-state index in [1.807, 2.05) is 12.1 Å². The summed E-state index contributed by atoms with van der Waals surface area (Å²) in [5.74, 6) is 0. The van der Waals surface area contributed by atoms with Crippen LogP contribution in [0.1, 0.15) is 35.7 Å². The van der Waals surface area contributed by atoms with Crippen LogP contribution in [0.4, 0.5) is 0 Å². The maximum Gasteiger partial charge on any atom is 0.151 e. The van der Waals surface area contributed by atoms with E-state index in [4.69, 9.17) is 0 Å².